The largest absolute Gasteiger partial charge is 0.756 e. The zero-order valence-electron chi connectivity index (χ0n) is 45.9. The summed E-state index contributed by atoms with van der Waals surface area (Å²) in [6.07, 6.45) is 64.1. The maximum absolute atomic E-state index is 13.4. The Hall–Kier alpha value is -2.81. The third-order valence-corrected chi connectivity index (χ3v) is 13.0. The first-order chi connectivity index (χ1) is 33.9. The van der Waals surface area contributed by atoms with Crippen molar-refractivity contribution in [3.8, 4) is 0 Å². The third-order valence-electron chi connectivity index (χ3n) is 12.1. The lowest BCUT2D eigenvalue weighted by Crippen LogP contribution is -2.47. The number of hydrogen-bond acceptors (Lipinski definition) is 7. The van der Waals surface area contributed by atoms with Gasteiger partial charge in [0.25, 0.3) is 7.82 Å². The molecule has 0 aliphatic carbocycles. The molecule has 404 valence electrons. The van der Waals surface area contributed by atoms with Gasteiger partial charge in [-0.2, -0.15) is 0 Å². The second kappa shape index (κ2) is 49.8. The van der Waals surface area contributed by atoms with Crippen molar-refractivity contribution in [3.05, 3.63) is 85.1 Å². The standard InChI is InChI=1S/C60H107N2O7P/c1-7-10-13-16-19-22-25-28-29-30-31-32-33-35-38-41-44-47-50-53-60(64)69-58(51-48-45-42-39-36-27-24-21-18-15-12-9-3)57(56-68-70(65,66)67-55-54-62(4,5)6)61-59(63)52-49-46-43-40-37-34-26-23-20-17-14-11-8-2/h10,13,19,22,28-29,31-32,34-35,37-38,48,51,57-58H,7-9,11-12,14-18,20-21,23-27,30,33,36,39-47,49-50,52-56H2,1-6H3,(H-,61,63,65,66)/b13-10-,22-19-,29-28-,32-31-,37-34-,38-35-,51-48-. The molecule has 1 N–H and O–H groups in total. The van der Waals surface area contributed by atoms with E-state index in [1.165, 1.54) is 89.9 Å². The van der Waals surface area contributed by atoms with Gasteiger partial charge in [-0.15, -0.1) is 0 Å². The lowest BCUT2D eigenvalue weighted by atomic mass is 10.1. The molecule has 0 saturated heterocycles. The Morgan fingerprint density at radius 1 is 0.514 bits per heavy atom. The summed E-state index contributed by atoms with van der Waals surface area (Å²) in [6, 6.07) is -0.912. The number of rotatable bonds is 50. The molecule has 1 amide bonds. The number of ether oxygens (including phenoxy) is 1. The van der Waals surface area contributed by atoms with Gasteiger partial charge in [-0.3, -0.25) is 14.2 Å². The first-order valence-electron chi connectivity index (χ1n) is 28.4. The van der Waals surface area contributed by atoms with Crippen LogP contribution in [0.2, 0.25) is 0 Å². The molecule has 0 aliphatic rings. The second-order valence-corrected chi connectivity index (χ2v) is 21.5. The smallest absolute Gasteiger partial charge is 0.306 e. The van der Waals surface area contributed by atoms with E-state index in [4.69, 9.17) is 13.8 Å². The van der Waals surface area contributed by atoms with Crippen molar-refractivity contribution in [2.45, 2.75) is 245 Å². The number of nitrogens with zero attached hydrogens (tertiary/aromatic N) is 1. The molecule has 0 radical (unpaired) electrons. The van der Waals surface area contributed by atoms with Crippen LogP contribution in [0.4, 0.5) is 0 Å². The normalized spacial score (nSPS) is 14.4. The topological polar surface area (TPSA) is 114 Å². The van der Waals surface area contributed by atoms with Crippen LogP contribution >= 0.6 is 7.82 Å². The van der Waals surface area contributed by atoms with Gasteiger partial charge in [0.05, 0.1) is 33.8 Å². The minimum atomic E-state index is -4.71. The molecule has 0 spiro atoms. The van der Waals surface area contributed by atoms with Gasteiger partial charge in [-0.05, 0) is 102 Å². The SMILES string of the molecule is CC/C=C\C/C=C\C/C=C\C/C=C\C/C=C\CCCCCC(=O)OC(/C=C\CCCCCCCCCCCC)C(COP(=O)([O-])OCC[N+](C)(C)C)NC(=O)CCCCC/C=C\CCCCCCCC. The van der Waals surface area contributed by atoms with Crippen LogP contribution in [-0.2, 0) is 27.9 Å². The summed E-state index contributed by atoms with van der Waals surface area (Å²) < 4.78 is 30.2. The molecule has 10 heteroatoms. The number of phosphoric acid groups is 1. The number of unbranched alkanes of at least 4 members (excludes halogenated alkanes) is 22. The molecular weight excluding hydrogens is 892 g/mol. The molecule has 3 unspecified atom stereocenters. The van der Waals surface area contributed by atoms with Crippen molar-refractivity contribution in [2.75, 3.05) is 40.9 Å². The minimum Gasteiger partial charge on any atom is -0.756 e. The quantitative estimate of drug-likeness (QED) is 0.0212. The second-order valence-electron chi connectivity index (χ2n) is 20.1. The van der Waals surface area contributed by atoms with E-state index in [0.29, 0.717) is 23.9 Å². The van der Waals surface area contributed by atoms with Gasteiger partial charge >= 0.3 is 5.97 Å². The highest BCUT2D eigenvalue weighted by atomic mass is 31.2. The van der Waals surface area contributed by atoms with Crippen molar-refractivity contribution in [1.29, 1.82) is 0 Å². The summed E-state index contributed by atoms with van der Waals surface area (Å²) in [5.74, 6) is -0.602. The zero-order valence-corrected chi connectivity index (χ0v) is 46.8. The fraction of sp³-hybridized carbons (Fsp3) is 0.733. The van der Waals surface area contributed by atoms with E-state index in [1.54, 1.807) is 0 Å². The van der Waals surface area contributed by atoms with Gasteiger partial charge in [0.2, 0.25) is 5.91 Å². The van der Waals surface area contributed by atoms with Crippen LogP contribution in [0.3, 0.4) is 0 Å². The summed E-state index contributed by atoms with van der Waals surface area (Å²) >= 11 is 0. The van der Waals surface area contributed by atoms with Crippen LogP contribution < -0.4 is 10.2 Å². The molecule has 0 fully saturated rings. The van der Waals surface area contributed by atoms with Crippen LogP contribution in [0.1, 0.15) is 233 Å². The number of likely N-dealkylation sites (N-methyl/N-ethyl adjacent to an activating group) is 1. The lowest BCUT2D eigenvalue weighted by Gasteiger charge is -2.30. The third kappa shape index (κ3) is 50.1. The predicted octanol–water partition coefficient (Wildman–Crippen LogP) is 16.4. The number of esters is 1. The molecule has 0 aliphatic heterocycles. The number of phosphoric ester groups is 1. The summed E-state index contributed by atoms with van der Waals surface area (Å²) in [6.45, 7) is 6.67. The Morgan fingerprint density at radius 3 is 1.39 bits per heavy atom. The Balaban J connectivity index is 5.43. The van der Waals surface area contributed by atoms with Crippen LogP contribution in [0.5, 0.6) is 0 Å². The Kier molecular flexibility index (Phi) is 47.8. The van der Waals surface area contributed by atoms with Gasteiger partial charge in [0, 0.05) is 12.8 Å². The summed E-state index contributed by atoms with van der Waals surface area (Å²) in [5, 5.41) is 3.00. The molecule has 0 bridgehead atoms. The molecule has 0 aromatic heterocycles. The average molecular weight is 999 g/mol. The molecular formula is C60H107N2O7P. The van der Waals surface area contributed by atoms with E-state index >= 15 is 0 Å². The van der Waals surface area contributed by atoms with Crippen LogP contribution in [0.15, 0.2) is 85.1 Å². The lowest BCUT2D eigenvalue weighted by molar-refractivity contribution is -0.870. The van der Waals surface area contributed by atoms with E-state index in [1.807, 2.05) is 33.3 Å². The van der Waals surface area contributed by atoms with Gasteiger partial charge in [0.1, 0.15) is 19.3 Å². The fourth-order valence-electron chi connectivity index (χ4n) is 7.66. The molecule has 0 rings (SSSR count). The first-order valence-corrected chi connectivity index (χ1v) is 29.9. The highest BCUT2D eigenvalue weighted by Gasteiger charge is 2.27. The minimum absolute atomic E-state index is 0.0339. The fourth-order valence-corrected chi connectivity index (χ4v) is 8.38. The van der Waals surface area contributed by atoms with Crippen molar-refractivity contribution in [3.63, 3.8) is 0 Å². The summed E-state index contributed by atoms with van der Waals surface area (Å²) in [7, 11) is 1.15. The zero-order chi connectivity index (χ0) is 51.5. The maximum Gasteiger partial charge on any atom is 0.306 e. The molecule has 70 heavy (non-hydrogen) atoms. The highest BCUT2D eigenvalue weighted by molar-refractivity contribution is 7.45. The molecule has 9 nitrogen and oxygen atoms in total. The van der Waals surface area contributed by atoms with E-state index in [0.717, 1.165) is 96.3 Å². The molecule has 3 atom stereocenters. The van der Waals surface area contributed by atoms with Crippen LogP contribution in [-0.4, -0.2) is 69.4 Å². The van der Waals surface area contributed by atoms with E-state index in [-0.39, 0.29) is 31.3 Å². The summed E-state index contributed by atoms with van der Waals surface area (Å²) in [5.41, 5.74) is 0. The summed E-state index contributed by atoms with van der Waals surface area (Å²) in [4.78, 5) is 39.8. The van der Waals surface area contributed by atoms with E-state index < -0.39 is 26.6 Å². The van der Waals surface area contributed by atoms with Crippen LogP contribution in [0.25, 0.3) is 0 Å². The molecule has 0 saturated carbocycles. The van der Waals surface area contributed by atoms with Crippen molar-refractivity contribution < 1.29 is 37.3 Å². The van der Waals surface area contributed by atoms with Crippen LogP contribution in [0, 0.1) is 0 Å². The maximum atomic E-state index is 13.4. The number of carbonyl (C=O) groups excluding carboxylic acids is 2. The predicted molar refractivity (Wildman–Crippen MR) is 298 cm³/mol. The number of amides is 1. The Labute approximate surface area is 431 Å². The highest BCUT2D eigenvalue weighted by Crippen LogP contribution is 2.38. The van der Waals surface area contributed by atoms with Crippen molar-refractivity contribution in [2.24, 2.45) is 0 Å². The van der Waals surface area contributed by atoms with Crippen molar-refractivity contribution in [1.82, 2.24) is 5.32 Å². The Morgan fingerprint density at radius 2 is 0.914 bits per heavy atom. The first kappa shape index (κ1) is 67.2. The van der Waals surface area contributed by atoms with Gasteiger partial charge < -0.3 is 28.5 Å². The molecule has 0 aromatic rings. The number of quaternary nitrogens is 1. The van der Waals surface area contributed by atoms with Gasteiger partial charge in [-0.25, -0.2) is 0 Å². The van der Waals surface area contributed by atoms with Gasteiger partial charge in [-0.1, -0.05) is 202 Å². The monoisotopic (exact) mass is 999 g/mol. The Bertz CT molecular complexity index is 1480. The number of nitrogens with one attached hydrogen (secondary N) is 1. The van der Waals surface area contributed by atoms with Gasteiger partial charge in [0.15, 0.2) is 0 Å². The molecule has 0 heterocycles. The van der Waals surface area contributed by atoms with Crippen molar-refractivity contribution >= 4 is 19.7 Å². The number of allylic oxidation sites excluding steroid dienone is 13. The van der Waals surface area contributed by atoms with E-state index in [9.17, 15) is 19.0 Å². The number of carbonyl (C=O) groups is 2. The average Bonchev–Trinajstić information content (AvgIpc) is 3.32. The van der Waals surface area contributed by atoms with E-state index in [2.05, 4.69) is 99.0 Å². The molecule has 0 aromatic carbocycles. The number of hydrogen-bond donors (Lipinski definition) is 1.